The van der Waals surface area contributed by atoms with E-state index in [0.717, 1.165) is 15.6 Å². The largest absolute Gasteiger partial charge is 0.345 e. The van der Waals surface area contributed by atoms with Crippen molar-refractivity contribution in [3.63, 3.8) is 0 Å². The Morgan fingerprint density at radius 3 is 2.92 bits per heavy atom. The van der Waals surface area contributed by atoms with Crippen molar-refractivity contribution in [2.75, 3.05) is 5.32 Å². The third kappa shape index (κ3) is 1.62. The molecule has 0 spiro atoms. The fourth-order valence-corrected chi connectivity index (χ4v) is 2.42. The first-order valence-corrected chi connectivity index (χ1v) is 5.28. The minimum Gasteiger partial charge on any atom is -0.345 e. The van der Waals surface area contributed by atoms with Gasteiger partial charge in [-0.2, -0.15) is 0 Å². The molecule has 1 aromatic carbocycles. The molecule has 3 heteroatoms. The monoisotopic (exact) mass is 207 g/mol. The van der Waals surface area contributed by atoms with Gasteiger partial charge in [-0.05, 0) is 19.1 Å². The lowest BCUT2D eigenvalue weighted by molar-refractivity contribution is 1.43. The number of anilines is 1. The number of thioether (sulfide) groups is 1. The lowest BCUT2D eigenvalue weighted by Crippen LogP contribution is -2.14. The molecule has 1 aromatic rings. The maximum atomic E-state index is 5.20. The van der Waals surface area contributed by atoms with E-state index in [9.17, 15) is 0 Å². The average Bonchev–Trinajstić information content (AvgIpc) is 2.17. The van der Waals surface area contributed by atoms with Gasteiger partial charge in [0, 0.05) is 9.80 Å². The zero-order valence-electron chi connectivity index (χ0n) is 7.20. The number of hydrogen-bond donors (Lipinski definition) is 1. The summed E-state index contributed by atoms with van der Waals surface area (Å²) in [5.74, 6) is 0. The Labute approximate surface area is 87.2 Å². The molecule has 0 atom stereocenters. The lowest BCUT2D eigenvalue weighted by atomic mass is 10.3. The summed E-state index contributed by atoms with van der Waals surface area (Å²) in [6, 6.07) is 8.18. The molecule has 1 nitrogen and oxygen atoms in total. The van der Waals surface area contributed by atoms with E-state index in [0.29, 0.717) is 0 Å². The second-order valence-electron chi connectivity index (χ2n) is 2.71. The summed E-state index contributed by atoms with van der Waals surface area (Å²) in [7, 11) is 0. The van der Waals surface area contributed by atoms with Gasteiger partial charge in [0.15, 0.2) is 0 Å². The molecular formula is C10H9NS2. The molecule has 1 aliphatic rings. The first-order valence-electron chi connectivity index (χ1n) is 4.06. The van der Waals surface area contributed by atoms with Gasteiger partial charge in [0.2, 0.25) is 0 Å². The van der Waals surface area contributed by atoms with Crippen molar-refractivity contribution < 1.29 is 0 Å². The summed E-state index contributed by atoms with van der Waals surface area (Å²) in [4.78, 5) is 3.20. The van der Waals surface area contributed by atoms with Crippen LogP contribution in [0.25, 0.3) is 0 Å². The van der Waals surface area contributed by atoms with E-state index in [1.807, 2.05) is 31.2 Å². The SMILES string of the molecule is CC=C1Sc2ccccc2NC1=S. The Morgan fingerprint density at radius 1 is 1.38 bits per heavy atom. The number of rotatable bonds is 0. The fourth-order valence-electron chi connectivity index (χ4n) is 1.20. The van der Waals surface area contributed by atoms with Crippen LogP contribution in [0, 0.1) is 0 Å². The molecule has 0 radical (unpaired) electrons. The van der Waals surface area contributed by atoms with E-state index in [1.54, 1.807) is 11.8 Å². The Bertz CT molecular complexity index is 382. The molecule has 0 unspecified atom stereocenters. The number of benzene rings is 1. The molecule has 0 aromatic heterocycles. The first kappa shape index (κ1) is 8.78. The summed E-state index contributed by atoms with van der Waals surface area (Å²) in [6.07, 6.45) is 2.04. The minimum absolute atomic E-state index is 0.825. The van der Waals surface area contributed by atoms with Gasteiger partial charge in [-0.15, -0.1) is 0 Å². The van der Waals surface area contributed by atoms with Gasteiger partial charge in [-0.1, -0.05) is 42.2 Å². The van der Waals surface area contributed by atoms with Crippen LogP contribution in [0.15, 0.2) is 40.1 Å². The zero-order chi connectivity index (χ0) is 9.26. The quantitative estimate of drug-likeness (QED) is 0.517. The molecule has 0 saturated heterocycles. The maximum absolute atomic E-state index is 5.20. The molecular weight excluding hydrogens is 198 g/mol. The molecule has 0 aliphatic carbocycles. The van der Waals surface area contributed by atoms with Gasteiger partial charge in [-0.3, -0.25) is 0 Å². The fraction of sp³-hybridized carbons (Fsp3) is 0.100. The van der Waals surface area contributed by atoms with Crippen LogP contribution < -0.4 is 5.32 Å². The first-order chi connectivity index (χ1) is 6.31. The zero-order valence-corrected chi connectivity index (χ0v) is 8.84. The predicted octanol–water partition coefficient (Wildman–Crippen LogP) is 3.44. The van der Waals surface area contributed by atoms with Crippen molar-refractivity contribution >= 4 is 34.7 Å². The van der Waals surface area contributed by atoms with Crippen LogP contribution in [0.3, 0.4) is 0 Å². The van der Waals surface area contributed by atoms with Crippen molar-refractivity contribution in [3.05, 3.63) is 35.2 Å². The summed E-state index contributed by atoms with van der Waals surface area (Å²) in [5, 5.41) is 3.20. The molecule has 1 heterocycles. The average molecular weight is 207 g/mol. The lowest BCUT2D eigenvalue weighted by Gasteiger charge is -2.20. The van der Waals surface area contributed by atoms with Crippen molar-refractivity contribution in [2.24, 2.45) is 0 Å². The highest BCUT2D eigenvalue weighted by molar-refractivity contribution is 8.05. The number of hydrogen-bond acceptors (Lipinski definition) is 2. The van der Waals surface area contributed by atoms with Crippen LogP contribution in [0.5, 0.6) is 0 Å². The molecule has 2 rings (SSSR count). The van der Waals surface area contributed by atoms with E-state index in [4.69, 9.17) is 12.2 Å². The van der Waals surface area contributed by atoms with Crippen LogP contribution in [0.2, 0.25) is 0 Å². The highest BCUT2D eigenvalue weighted by atomic mass is 32.2. The normalized spacial score (nSPS) is 18.2. The van der Waals surface area contributed by atoms with E-state index >= 15 is 0 Å². The van der Waals surface area contributed by atoms with E-state index < -0.39 is 0 Å². The van der Waals surface area contributed by atoms with Crippen LogP contribution in [-0.4, -0.2) is 4.99 Å². The second-order valence-corrected chi connectivity index (χ2v) is 4.20. The highest BCUT2D eigenvalue weighted by Crippen LogP contribution is 2.37. The van der Waals surface area contributed by atoms with Crippen molar-refractivity contribution in [1.29, 1.82) is 0 Å². The third-order valence-corrected chi connectivity index (χ3v) is 3.53. The summed E-state index contributed by atoms with van der Waals surface area (Å²) >= 11 is 6.92. The molecule has 0 bridgehead atoms. The second kappa shape index (κ2) is 3.52. The Morgan fingerprint density at radius 2 is 2.15 bits per heavy atom. The number of fused-ring (bicyclic) bond motifs is 1. The third-order valence-electron chi connectivity index (χ3n) is 1.84. The molecule has 13 heavy (non-hydrogen) atoms. The van der Waals surface area contributed by atoms with Gasteiger partial charge >= 0.3 is 0 Å². The topological polar surface area (TPSA) is 12.0 Å². The van der Waals surface area contributed by atoms with Crippen molar-refractivity contribution in [1.82, 2.24) is 0 Å². The van der Waals surface area contributed by atoms with Gasteiger partial charge < -0.3 is 5.32 Å². The van der Waals surface area contributed by atoms with Crippen LogP contribution in [-0.2, 0) is 0 Å². The smallest absolute Gasteiger partial charge is 0.117 e. The standard InChI is InChI=1S/C10H9NS2/c1-2-8-10(12)11-7-5-3-4-6-9(7)13-8/h2-6H,1H3,(H,11,12). The van der Waals surface area contributed by atoms with E-state index in [2.05, 4.69) is 11.4 Å². The summed E-state index contributed by atoms with van der Waals surface area (Å²) in [6.45, 7) is 2.00. The Balaban J connectivity index is 2.44. The summed E-state index contributed by atoms with van der Waals surface area (Å²) < 4.78 is 0. The molecule has 0 amide bonds. The Hall–Kier alpha value is -0.800. The highest BCUT2D eigenvalue weighted by Gasteiger charge is 2.15. The number of nitrogens with one attached hydrogen (secondary N) is 1. The minimum atomic E-state index is 0.825. The van der Waals surface area contributed by atoms with Crippen molar-refractivity contribution in [2.45, 2.75) is 11.8 Å². The number of thiocarbonyl (C=S) groups is 1. The molecule has 1 aliphatic heterocycles. The molecule has 1 N–H and O–H groups in total. The molecule has 66 valence electrons. The van der Waals surface area contributed by atoms with Crippen molar-refractivity contribution in [3.8, 4) is 0 Å². The summed E-state index contributed by atoms with van der Waals surface area (Å²) in [5.41, 5.74) is 1.11. The van der Waals surface area contributed by atoms with Crippen LogP contribution >= 0.6 is 24.0 Å². The molecule has 0 saturated carbocycles. The molecule has 0 fully saturated rings. The maximum Gasteiger partial charge on any atom is 0.117 e. The Kier molecular flexibility index (Phi) is 2.38. The van der Waals surface area contributed by atoms with E-state index in [-0.39, 0.29) is 0 Å². The number of para-hydroxylation sites is 1. The predicted molar refractivity (Wildman–Crippen MR) is 62.3 cm³/mol. The van der Waals surface area contributed by atoms with Gasteiger partial charge in [-0.25, -0.2) is 0 Å². The van der Waals surface area contributed by atoms with Gasteiger partial charge in [0.25, 0.3) is 0 Å². The van der Waals surface area contributed by atoms with E-state index in [1.165, 1.54) is 4.90 Å². The van der Waals surface area contributed by atoms with Crippen LogP contribution in [0.4, 0.5) is 5.69 Å². The van der Waals surface area contributed by atoms with Gasteiger partial charge in [0.05, 0.1) is 5.69 Å². The van der Waals surface area contributed by atoms with Crippen LogP contribution in [0.1, 0.15) is 6.92 Å². The number of allylic oxidation sites excluding steroid dienone is 1. The van der Waals surface area contributed by atoms with Gasteiger partial charge in [0.1, 0.15) is 4.99 Å².